The highest BCUT2D eigenvalue weighted by Gasteiger charge is 2.56. The quantitative estimate of drug-likeness (QED) is 0.0911. The first-order valence-electron chi connectivity index (χ1n) is 13.0. The molecular formula is C25H46Cl5NO3. The van der Waals surface area contributed by atoms with E-state index < -0.39 is 20.0 Å². The van der Waals surface area contributed by atoms with Crippen LogP contribution < -0.4 is 5.32 Å². The van der Waals surface area contributed by atoms with Crippen LogP contribution in [0.2, 0.25) is 0 Å². The molecule has 1 unspecified atom stereocenters. The number of ether oxygens (including phenoxy) is 2. The SMILES string of the molecule is CCCCCCCCCCCCCCC(Cl)C(Cl)(Cl)C(Cl)(Cl)C(=O)NCCCOCCOCC. The van der Waals surface area contributed by atoms with Crippen molar-refractivity contribution in [1.82, 2.24) is 5.32 Å². The molecule has 0 aliphatic carbocycles. The third-order valence-electron chi connectivity index (χ3n) is 5.74. The number of unbranched alkanes of at least 4 members (excludes halogenated alkanes) is 11. The van der Waals surface area contributed by atoms with Crippen LogP contribution in [0.5, 0.6) is 0 Å². The van der Waals surface area contributed by atoms with Crippen LogP contribution >= 0.6 is 58.0 Å². The molecule has 0 bridgehead atoms. The first-order valence-corrected chi connectivity index (χ1v) is 15.0. The lowest BCUT2D eigenvalue weighted by Crippen LogP contribution is -2.54. The van der Waals surface area contributed by atoms with Gasteiger partial charge in [0.15, 0.2) is 4.33 Å². The van der Waals surface area contributed by atoms with Crippen molar-refractivity contribution >= 4 is 63.9 Å². The summed E-state index contributed by atoms with van der Waals surface area (Å²) >= 11 is 31.8. The second kappa shape index (κ2) is 21.9. The smallest absolute Gasteiger partial charge is 0.259 e. The molecule has 0 aliphatic rings. The summed E-state index contributed by atoms with van der Waals surface area (Å²) in [5.74, 6) is -0.657. The van der Waals surface area contributed by atoms with Gasteiger partial charge in [0, 0.05) is 19.8 Å². The summed E-state index contributed by atoms with van der Waals surface area (Å²) in [6, 6.07) is 0. The van der Waals surface area contributed by atoms with Crippen molar-refractivity contribution in [2.45, 2.75) is 118 Å². The molecule has 204 valence electrons. The van der Waals surface area contributed by atoms with Crippen LogP contribution in [-0.4, -0.2) is 52.9 Å². The average Bonchev–Trinajstić information content (AvgIpc) is 2.80. The summed E-state index contributed by atoms with van der Waals surface area (Å²) in [6.45, 7) is 6.71. The van der Waals surface area contributed by atoms with Crippen molar-refractivity contribution in [3.05, 3.63) is 0 Å². The van der Waals surface area contributed by atoms with Crippen LogP contribution in [0, 0.1) is 0 Å². The van der Waals surface area contributed by atoms with Gasteiger partial charge in [-0.15, -0.1) is 11.6 Å². The third-order valence-corrected chi connectivity index (χ3v) is 8.92. The van der Waals surface area contributed by atoms with E-state index in [1.54, 1.807) is 0 Å². The van der Waals surface area contributed by atoms with E-state index in [2.05, 4.69) is 12.2 Å². The van der Waals surface area contributed by atoms with Gasteiger partial charge >= 0.3 is 0 Å². The number of amides is 1. The molecule has 0 radical (unpaired) electrons. The molecule has 1 atom stereocenters. The van der Waals surface area contributed by atoms with Crippen LogP contribution in [-0.2, 0) is 14.3 Å². The first kappa shape index (κ1) is 34.8. The molecule has 0 rings (SSSR count). The fourth-order valence-electron chi connectivity index (χ4n) is 3.55. The lowest BCUT2D eigenvalue weighted by molar-refractivity contribution is -0.122. The molecule has 0 saturated heterocycles. The van der Waals surface area contributed by atoms with Crippen molar-refractivity contribution in [2.75, 3.05) is 33.0 Å². The summed E-state index contributed by atoms with van der Waals surface area (Å²) in [5, 5.41) is 1.91. The minimum absolute atomic E-state index is 0.338. The molecule has 0 aromatic carbocycles. The fraction of sp³-hybridized carbons (Fsp3) is 0.960. The van der Waals surface area contributed by atoms with E-state index in [-0.39, 0.29) is 0 Å². The van der Waals surface area contributed by atoms with Gasteiger partial charge in [-0.3, -0.25) is 4.79 Å². The Kier molecular flexibility index (Phi) is 22.4. The van der Waals surface area contributed by atoms with Crippen molar-refractivity contribution in [3.8, 4) is 0 Å². The highest BCUT2D eigenvalue weighted by atomic mass is 35.5. The van der Waals surface area contributed by atoms with Gasteiger partial charge in [-0.1, -0.05) is 130 Å². The Morgan fingerprint density at radius 3 is 1.76 bits per heavy atom. The molecule has 0 spiro atoms. The Labute approximate surface area is 233 Å². The van der Waals surface area contributed by atoms with Crippen LogP contribution in [0.3, 0.4) is 0 Å². The Morgan fingerprint density at radius 1 is 0.735 bits per heavy atom. The van der Waals surface area contributed by atoms with E-state index in [9.17, 15) is 4.79 Å². The molecule has 0 heterocycles. The fourth-order valence-corrected chi connectivity index (χ4v) is 4.76. The predicted molar refractivity (Wildman–Crippen MR) is 149 cm³/mol. The molecule has 34 heavy (non-hydrogen) atoms. The molecule has 4 nitrogen and oxygen atoms in total. The van der Waals surface area contributed by atoms with E-state index in [0.717, 1.165) is 19.3 Å². The molecule has 0 aliphatic heterocycles. The van der Waals surface area contributed by atoms with E-state index >= 15 is 0 Å². The van der Waals surface area contributed by atoms with Gasteiger partial charge < -0.3 is 14.8 Å². The standard InChI is InChI=1S/C25H46Cl5NO3/c1-3-5-6-7-8-9-10-11-12-13-14-15-17-22(26)24(27,28)25(29,30)23(32)31-18-16-19-34-21-20-33-4-2/h22H,3-21H2,1-2H3,(H,31,32). The minimum Gasteiger partial charge on any atom is -0.379 e. The topological polar surface area (TPSA) is 47.6 Å². The zero-order valence-electron chi connectivity index (χ0n) is 21.1. The van der Waals surface area contributed by atoms with Gasteiger partial charge in [0.05, 0.1) is 18.6 Å². The molecule has 0 fully saturated rings. The highest BCUT2D eigenvalue weighted by Crippen LogP contribution is 2.48. The number of alkyl halides is 5. The molecule has 0 aromatic rings. The second-order valence-electron chi connectivity index (χ2n) is 8.76. The van der Waals surface area contributed by atoms with E-state index in [1.165, 1.54) is 57.8 Å². The van der Waals surface area contributed by atoms with Crippen LogP contribution in [0.25, 0.3) is 0 Å². The van der Waals surface area contributed by atoms with Crippen molar-refractivity contribution in [2.24, 2.45) is 0 Å². The summed E-state index contributed by atoms with van der Waals surface area (Å²) in [7, 11) is 0. The molecule has 1 N–H and O–H groups in total. The maximum Gasteiger partial charge on any atom is 0.259 e. The van der Waals surface area contributed by atoms with Crippen LogP contribution in [0.15, 0.2) is 0 Å². The Hall–Kier alpha value is 0.840. The van der Waals surface area contributed by atoms with Gasteiger partial charge in [-0.25, -0.2) is 0 Å². The zero-order valence-corrected chi connectivity index (χ0v) is 24.9. The van der Waals surface area contributed by atoms with Crippen LogP contribution in [0.1, 0.15) is 104 Å². The number of hydrogen-bond acceptors (Lipinski definition) is 3. The molecule has 0 saturated carbocycles. The highest BCUT2D eigenvalue weighted by molar-refractivity contribution is 6.70. The van der Waals surface area contributed by atoms with Crippen molar-refractivity contribution in [3.63, 3.8) is 0 Å². The van der Waals surface area contributed by atoms with E-state index in [1.807, 2.05) is 6.92 Å². The van der Waals surface area contributed by atoms with E-state index in [4.69, 9.17) is 67.5 Å². The molecule has 1 amide bonds. The van der Waals surface area contributed by atoms with Gasteiger partial charge in [-0.2, -0.15) is 0 Å². The monoisotopic (exact) mass is 583 g/mol. The maximum absolute atomic E-state index is 12.5. The third kappa shape index (κ3) is 15.8. The largest absolute Gasteiger partial charge is 0.379 e. The van der Waals surface area contributed by atoms with Crippen LogP contribution in [0.4, 0.5) is 0 Å². The van der Waals surface area contributed by atoms with Gasteiger partial charge in [0.2, 0.25) is 4.33 Å². The normalized spacial score (nSPS) is 13.3. The van der Waals surface area contributed by atoms with Gasteiger partial charge in [-0.05, 0) is 19.8 Å². The summed E-state index contributed by atoms with van der Waals surface area (Å²) in [6.07, 6.45) is 16.1. The predicted octanol–water partition coefficient (Wildman–Crippen LogP) is 8.59. The lowest BCUT2D eigenvalue weighted by atomic mass is 10.0. The number of nitrogens with one attached hydrogen (secondary N) is 1. The molecule has 0 aromatic heterocycles. The average molecular weight is 586 g/mol. The first-order chi connectivity index (χ1) is 16.2. The van der Waals surface area contributed by atoms with E-state index in [0.29, 0.717) is 45.8 Å². The number of halogens is 5. The van der Waals surface area contributed by atoms with Gasteiger partial charge in [0.1, 0.15) is 0 Å². The number of carbonyl (C=O) groups excluding carboxylic acids is 1. The minimum atomic E-state index is -2.06. The Balaban J connectivity index is 3.99. The summed E-state index contributed by atoms with van der Waals surface area (Å²) in [5.41, 5.74) is 0. The number of hydrogen-bond donors (Lipinski definition) is 1. The number of rotatable bonds is 24. The molecular weight excluding hydrogens is 540 g/mol. The Bertz CT molecular complexity index is 495. The maximum atomic E-state index is 12.5. The van der Waals surface area contributed by atoms with Crippen molar-refractivity contribution < 1.29 is 14.3 Å². The summed E-state index contributed by atoms with van der Waals surface area (Å²) < 4.78 is 6.72. The molecule has 9 heteroatoms. The van der Waals surface area contributed by atoms with Crippen molar-refractivity contribution in [1.29, 1.82) is 0 Å². The Morgan fingerprint density at radius 2 is 1.24 bits per heavy atom. The van der Waals surface area contributed by atoms with Gasteiger partial charge in [0.25, 0.3) is 5.91 Å². The summed E-state index contributed by atoms with van der Waals surface area (Å²) in [4.78, 5) is 12.5. The lowest BCUT2D eigenvalue weighted by Gasteiger charge is -2.35. The second-order valence-corrected chi connectivity index (χ2v) is 12.0. The number of carbonyl (C=O) groups is 1. The zero-order chi connectivity index (χ0) is 25.7.